The molecule has 8 nitrogen and oxygen atoms in total. The number of hydrogen-bond acceptors (Lipinski definition) is 8. The molecule has 8 heteroatoms. The number of esters is 3. The molecule has 1 aliphatic rings. The van der Waals surface area contributed by atoms with Crippen LogP contribution in [0.4, 0.5) is 0 Å². The van der Waals surface area contributed by atoms with Gasteiger partial charge in [-0.3, -0.25) is 0 Å². The monoisotopic (exact) mass is 462 g/mol. The molecule has 0 aliphatic carbocycles. The topological polar surface area (TPSA) is 108 Å². The minimum absolute atomic E-state index is 0.259. The molecule has 34 heavy (non-hydrogen) atoms. The van der Waals surface area contributed by atoms with Gasteiger partial charge in [0.1, 0.15) is 12.7 Å². The van der Waals surface area contributed by atoms with E-state index < -0.39 is 42.5 Å². The van der Waals surface area contributed by atoms with E-state index in [1.165, 1.54) is 0 Å². The van der Waals surface area contributed by atoms with Crippen molar-refractivity contribution in [1.29, 1.82) is 0 Å². The number of aliphatic hydroxyl groups excluding tert-OH is 1. The van der Waals surface area contributed by atoms with Crippen LogP contribution in [0.15, 0.2) is 91.0 Å². The Kier molecular flexibility index (Phi) is 7.31. The number of hydrogen-bond donors (Lipinski definition) is 1. The first-order valence-electron chi connectivity index (χ1n) is 10.6. The van der Waals surface area contributed by atoms with Gasteiger partial charge >= 0.3 is 17.9 Å². The summed E-state index contributed by atoms with van der Waals surface area (Å²) < 4.78 is 21.8. The lowest BCUT2D eigenvalue weighted by Crippen LogP contribution is -2.40. The van der Waals surface area contributed by atoms with Gasteiger partial charge in [0.25, 0.3) is 0 Å². The molecule has 1 N–H and O–H groups in total. The molecule has 4 rings (SSSR count). The summed E-state index contributed by atoms with van der Waals surface area (Å²) in [6.07, 6.45) is -5.24. The van der Waals surface area contributed by atoms with Crippen LogP contribution in [0.5, 0.6) is 0 Å². The molecule has 1 fully saturated rings. The highest BCUT2D eigenvalue weighted by Crippen LogP contribution is 2.27. The van der Waals surface area contributed by atoms with Gasteiger partial charge in [0.15, 0.2) is 12.2 Å². The summed E-state index contributed by atoms with van der Waals surface area (Å²) in [5.41, 5.74) is 0.848. The normalized spacial score (nSPS) is 21.4. The van der Waals surface area contributed by atoms with Gasteiger partial charge in [-0.1, -0.05) is 54.6 Å². The van der Waals surface area contributed by atoms with Crippen LogP contribution in [0.3, 0.4) is 0 Å². The second kappa shape index (κ2) is 10.7. The van der Waals surface area contributed by atoms with E-state index in [0.717, 1.165) is 0 Å². The lowest BCUT2D eigenvalue weighted by Gasteiger charge is -2.20. The van der Waals surface area contributed by atoms with Crippen molar-refractivity contribution in [3.63, 3.8) is 0 Å². The van der Waals surface area contributed by atoms with Gasteiger partial charge in [0.05, 0.1) is 16.7 Å². The summed E-state index contributed by atoms with van der Waals surface area (Å²) in [5, 5.41) is 10.8. The molecule has 174 valence electrons. The molecule has 0 spiro atoms. The van der Waals surface area contributed by atoms with Crippen molar-refractivity contribution in [2.24, 2.45) is 0 Å². The first kappa shape index (κ1) is 23.2. The smallest absolute Gasteiger partial charge is 0.340 e. The van der Waals surface area contributed by atoms with Gasteiger partial charge in [-0.15, -0.1) is 0 Å². The zero-order valence-electron chi connectivity index (χ0n) is 18.0. The molecular weight excluding hydrogens is 440 g/mol. The van der Waals surface area contributed by atoms with Gasteiger partial charge in [-0.2, -0.15) is 0 Å². The average Bonchev–Trinajstić information content (AvgIpc) is 3.17. The SMILES string of the molecule is O=C(OC[C@H]1O[C@H](OC(=O)c2ccccc2)[C@H](O)[C@H]1OC(=O)c1ccccc1)c1ccccc1. The summed E-state index contributed by atoms with van der Waals surface area (Å²) in [6, 6.07) is 24.7. The highest BCUT2D eigenvalue weighted by molar-refractivity contribution is 5.90. The lowest BCUT2D eigenvalue weighted by molar-refractivity contribution is -0.139. The average molecular weight is 462 g/mol. The zero-order chi connectivity index (χ0) is 23.9. The van der Waals surface area contributed by atoms with E-state index in [1.54, 1.807) is 91.0 Å². The Morgan fingerprint density at radius 1 is 0.676 bits per heavy atom. The largest absolute Gasteiger partial charge is 0.459 e. The van der Waals surface area contributed by atoms with Crippen molar-refractivity contribution < 1.29 is 38.4 Å². The van der Waals surface area contributed by atoms with E-state index in [-0.39, 0.29) is 17.7 Å². The second-order valence-corrected chi connectivity index (χ2v) is 7.51. The van der Waals surface area contributed by atoms with Crippen molar-refractivity contribution in [2.45, 2.75) is 24.6 Å². The molecule has 0 unspecified atom stereocenters. The number of aliphatic hydroxyl groups is 1. The maximum absolute atomic E-state index is 12.6. The molecule has 1 aliphatic heterocycles. The van der Waals surface area contributed by atoms with Crippen molar-refractivity contribution >= 4 is 17.9 Å². The van der Waals surface area contributed by atoms with Gasteiger partial charge in [0, 0.05) is 0 Å². The summed E-state index contributed by atoms with van der Waals surface area (Å²) in [6.45, 7) is -0.336. The Morgan fingerprint density at radius 2 is 1.12 bits per heavy atom. The molecule has 4 atom stereocenters. The van der Waals surface area contributed by atoms with Crippen molar-refractivity contribution in [3.8, 4) is 0 Å². The van der Waals surface area contributed by atoms with E-state index >= 15 is 0 Å². The molecule has 3 aromatic carbocycles. The van der Waals surface area contributed by atoms with Gasteiger partial charge in [0.2, 0.25) is 6.29 Å². The third-order valence-corrected chi connectivity index (χ3v) is 5.16. The van der Waals surface area contributed by atoms with Crippen molar-refractivity contribution in [3.05, 3.63) is 108 Å². The zero-order valence-corrected chi connectivity index (χ0v) is 18.0. The molecule has 3 aromatic rings. The van der Waals surface area contributed by atoms with E-state index in [9.17, 15) is 19.5 Å². The minimum atomic E-state index is -1.50. The van der Waals surface area contributed by atoms with Crippen LogP contribution in [0.2, 0.25) is 0 Å². The van der Waals surface area contributed by atoms with E-state index in [4.69, 9.17) is 18.9 Å². The van der Waals surface area contributed by atoms with Crippen molar-refractivity contribution in [1.82, 2.24) is 0 Å². The molecule has 1 heterocycles. The number of carbonyl (C=O) groups excluding carboxylic acids is 3. The summed E-state index contributed by atoms with van der Waals surface area (Å²) in [4.78, 5) is 37.4. The highest BCUT2D eigenvalue weighted by Gasteiger charge is 2.49. The first-order valence-corrected chi connectivity index (χ1v) is 10.6. The number of benzene rings is 3. The molecule has 0 aromatic heterocycles. The maximum Gasteiger partial charge on any atom is 0.340 e. The Labute approximate surface area is 195 Å². The summed E-state index contributed by atoms with van der Waals surface area (Å²) in [5.74, 6) is -2.04. The summed E-state index contributed by atoms with van der Waals surface area (Å²) in [7, 11) is 0. The second-order valence-electron chi connectivity index (χ2n) is 7.51. The third-order valence-electron chi connectivity index (χ3n) is 5.16. The molecule has 0 radical (unpaired) electrons. The van der Waals surface area contributed by atoms with Crippen molar-refractivity contribution in [2.75, 3.05) is 6.61 Å². The van der Waals surface area contributed by atoms with E-state index in [1.807, 2.05) is 0 Å². The highest BCUT2D eigenvalue weighted by atomic mass is 16.7. The fourth-order valence-electron chi connectivity index (χ4n) is 3.41. The van der Waals surface area contributed by atoms with E-state index in [2.05, 4.69) is 0 Å². The molecule has 0 amide bonds. The van der Waals surface area contributed by atoms with Crippen LogP contribution in [0.1, 0.15) is 31.1 Å². The van der Waals surface area contributed by atoms with Gasteiger partial charge in [-0.25, -0.2) is 14.4 Å². The molecule has 1 saturated heterocycles. The lowest BCUT2D eigenvalue weighted by atomic mass is 10.1. The number of rotatable bonds is 7. The predicted molar refractivity (Wildman–Crippen MR) is 119 cm³/mol. The molecule has 0 bridgehead atoms. The van der Waals surface area contributed by atoms with Crippen LogP contribution in [0, 0.1) is 0 Å². The maximum atomic E-state index is 12.6. The van der Waals surface area contributed by atoms with Crippen LogP contribution in [-0.2, 0) is 18.9 Å². The third kappa shape index (κ3) is 5.48. The fraction of sp³-hybridized carbons (Fsp3) is 0.192. The first-order chi connectivity index (χ1) is 16.5. The number of ether oxygens (including phenoxy) is 4. The van der Waals surface area contributed by atoms with Crippen LogP contribution in [0.25, 0.3) is 0 Å². The van der Waals surface area contributed by atoms with Gasteiger partial charge < -0.3 is 24.1 Å². The molecule has 0 saturated carbocycles. The molecular formula is C26H22O8. The Balaban J connectivity index is 1.47. The Bertz CT molecular complexity index is 1120. The summed E-state index contributed by atoms with van der Waals surface area (Å²) >= 11 is 0. The van der Waals surface area contributed by atoms with Crippen LogP contribution < -0.4 is 0 Å². The predicted octanol–water partition coefficient (Wildman–Crippen LogP) is 3.01. The fourth-order valence-corrected chi connectivity index (χ4v) is 3.41. The number of carbonyl (C=O) groups is 3. The minimum Gasteiger partial charge on any atom is -0.459 e. The Morgan fingerprint density at radius 3 is 1.62 bits per heavy atom. The quantitative estimate of drug-likeness (QED) is 0.422. The Hall–Kier alpha value is -4.01. The van der Waals surface area contributed by atoms with Gasteiger partial charge in [-0.05, 0) is 36.4 Å². The van der Waals surface area contributed by atoms with E-state index in [0.29, 0.717) is 5.56 Å². The van der Waals surface area contributed by atoms with Crippen LogP contribution in [-0.4, -0.2) is 54.2 Å². The standard InChI is InChI=1S/C26H22O8/c27-21-22(33-24(29)18-12-6-2-7-13-18)20(16-31-23(28)17-10-4-1-5-11-17)32-26(21)34-25(30)19-14-8-3-9-15-19/h1-15,20-22,26-27H,16H2/t20-,21-,22+,26-/m1/s1. The van der Waals surface area contributed by atoms with Crippen LogP contribution >= 0.6 is 0 Å².